The minimum atomic E-state index is -0.625. The van der Waals surface area contributed by atoms with Crippen LogP contribution in [0.2, 0.25) is 0 Å². The van der Waals surface area contributed by atoms with Gasteiger partial charge < -0.3 is 14.9 Å². The summed E-state index contributed by atoms with van der Waals surface area (Å²) in [6.45, 7) is 0.235. The molecular formula is C21H28N2O3. The minimum Gasteiger partial charge on any atom is -0.485 e. The van der Waals surface area contributed by atoms with Crippen molar-refractivity contribution in [2.24, 2.45) is 5.92 Å². The van der Waals surface area contributed by atoms with E-state index >= 15 is 0 Å². The molecule has 0 saturated heterocycles. The lowest BCUT2D eigenvalue weighted by atomic mass is 9.78. The van der Waals surface area contributed by atoms with Crippen molar-refractivity contribution < 1.29 is 14.3 Å². The summed E-state index contributed by atoms with van der Waals surface area (Å²) >= 11 is 0. The Balaban J connectivity index is 1.38. The maximum absolute atomic E-state index is 12.5. The van der Waals surface area contributed by atoms with Gasteiger partial charge in [-0.15, -0.1) is 0 Å². The molecule has 1 aromatic rings. The van der Waals surface area contributed by atoms with Gasteiger partial charge in [-0.05, 0) is 62.1 Å². The molecule has 26 heavy (non-hydrogen) atoms. The highest BCUT2D eigenvalue weighted by molar-refractivity contribution is 5.81. The number of benzene rings is 1. The van der Waals surface area contributed by atoms with E-state index in [4.69, 9.17) is 9.47 Å². The monoisotopic (exact) mass is 356 g/mol. The number of hydrogen-bond donors (Lipinski definition) is 2. The second-order valence-electron chi connectivity index (χ2n) is 7.52. The molecule has 1 amide bonds. The van der Waals surface area contributed by atoms with Crippen LogP contribution >= 0.6 is 0 Å². The van der Waals surface area contributed by atoms with Crippen molar-refractivity contribution in [1.82, 2.24) is 10.9 Å². The number of carbonyl (C=O) groups excluding carboxylic acids is 1. The number of rotatable bonds is 4. The van der Waals surface area contributed by atoms with Crippen LogP contribution in [0.4, 0.5) is 0 Å². The zero-order valence-electron chi connectivity index (χ0n) is 15.3. The lowest BCUT2D eigenvalue weighted by Gasteiger charge is -2.31. The van der Waals surface area contributed by atoms with Crippen LogP contribution < -0.4 is 20.3 Å². The predicted molar refractivity (Wildman–Crippen MR) is 99.7 cm³/mol. The van der Waals surface area contributed by atoms with Crippen LogP contribution in [0.15, 0.2) is 35.5 Å². The summed E-state index contributed by atoms with van der Waals surface area (Å²) in [5.74, 6) is 1.84. The minimum absolute atomic E-state index is 0.180. The van der Waals surface area contributed by atoms with Gasteiger partial charge in [0.15, 0.2) is 11.5 Å². The Bertz CT molecular complexity index is 680. The van der Waals surface area contributed by atoms with Crippen LogP contribution in [-0.4, -0.2) is 18.6 Å². The van der Waals surface area contributed by atoms with E-state index in [1.165, 1.54) is 57.1 Å². The Labute approximate surface area is 155 Å². The van der Waals surface area contributed by atoms with E-state index in [0.29, 0.717) is 17.4 Å². The fourth-order valence-corrected chi connectivity index (χ4v) is 4.34. The number of hydrazine groups is 1. The molecule has 0 radical (unpaired) electrons. The first kappa shape index (κ1) is 17.3. The Morgan fingerprint density at radius 3 is 2.58 bits per heavy atom. The maximum atomic E-state index is 12.5. The summed E-state index contributed by atoms with van der Waals surface area (Å²) in [5.41, 5.74) is 8.88. The van der Waals surface area contributed by atoms with E-state index in [-0.39, 0.29) is 12.5 Å². The fraction of sp³-hybridized carbons (Fsp3) is 0.571. The first-order valence-corrected chi connectivity index (χ1v) is 9.97. The summed E-state index contributed by atoms with van der Waals surface area (Å²) in [7, 11) is 0. The number of nitrogens with one attached hydrogen (secondary N) is 2. The third-order valence-electron chi connectivity index (χ3n) is 5.75. The molecule has 0 unspecified atom stereocenters. The number of fused-ring (bicyclic) bond motifs is 1. The zero-order chi connectivity index (χ0) is 17.8. The van der Waals surface area contributed by atoms with Crippen molar-refractivity contribution in [3.8, 4) is 11.5 Å². The number of carbonyl (C=O) groups is 1. The average molecular weight is 356 g/mol. The lowest BCUT2D eigenvalue weighted by molar-refractivity contribution is -0.131. The van der Waals surface area contributed by atoms with E-state index in [1.807, 2.05) is 24.3 Å². The van der Waals surface area contributed by atoms with E-state index in [2.05, 4.69) is 10.9 Å². The van der Waals surface area contributed by atoms with E-state index in [9.17, 15) is 4.79 Å². The molecule has 1 aliphatic heterocycles. The van der Waals surface area contributed by atoms with E-state index < -0.39 is 6.10 Å². The van der Waals surface area contributed by atoms with Crippen molar-refractivity contribution in [3.05, 3.63) is 35.5 Å². The van der Waals surface area contributed by atoms with Gasteiger partial charge in [0, 0.05) is 5.70 Å². The molecule has 1 heterocycles. The van der Waals surface area contributed by atoms with E-state index in [0.717, 1.165) is 6.42 Å². The van der Waals surface area contributed by atoms with Crippen LogP contribution in [0.3, 0.4) is 0 Å². The fourth-order valence-electron chi connectivity index (χ4n) is 4.34. The number of ether oxygens (including phenoxy) is 2. The van der Waals surface area contributed by atoms with Crippen molar-refractivity contribution in [2.75, 3.05) is 6.61 Å². The lowest BCUT2D eigenvalue weighted by Crippen LogP contribution is -2.49. The van der Waals surface area contributed by atoms with Gasteiger partial charge in [-0.3, -0.25) is 10.2 Å². The maximum Gasteiger partial charge on any atom is 0.282 e. The van der Waals surface area contributed by atoms with Crippen molar-refractivity contribution >= 4 is 5.91 Å². The Hall–Kier alpha value is -2.17. The number of para-hydroxylation sites is 2. The van der Waals surface area contributed by atoms with Gasteiger partial charge in [0.1, 0.15) is 6.61 Å². The molecule has 5 nitrogen and oxygen atoms in total. The molecule has 1 aromatic carbocycles. The van der Waals surface area contributed by atoms with Crippen LogP contribution in [-0.2, 0) is 4.79 Å². The second kappa shape index (κ2) is 8.02. The first-order chi connectivity index (χ1) is 12.8. The highest BCUT2D eigenvalue weighted by Gasteiger charge is 2.28. The zero-order valence-corrected chi connectivity index (χ0v) is 15.3. The Morgan fingerprint density at radius 1 is 0.962 bits per heavy atom. The van der Waals surface area contributed by atoms with Crippen molar-refractivity contribution in [2.45, 2.75) is 63.9 Å². The Morgan fingerprint density at radius 2 is 1.73 bits per heavy atom. The van der Waals surface area contributed by atoms with Gasteiger partial charge in [0.2, 0.25) is 6.10 Å². The van der Waals surface area contributed by atoms with Gasteiger partial charge in [-0.1, -0.05) is 31.4 Å². The largest absolute Gasteiger partial charge is 0.485 e. The molecule has 1 saturated carbocycles. The molecule has 0 bridgehead atoms. The molecule has 140 valence electrons. The summed E-state index contributed by atoms with van der Waals surface area (Å²) in [4.78, 5) is 12.5. The molecule has 1 atom stereocenters. The van der Waals surface area contributed by atoms with Gasteiger partial charge in [-0.25, -0.2) is 0 Å². The van der Waals surface area contributed by atoms with Crippen LogP contribution in [0.25, 0.3) is 0 Å². The third-order valence-corrected chi connectivity index (χ3v) is 5.75. The Kier molecular flexibility index (Phi) is 5.32. The summed E-state index contributed by atoms with van der Waals surface area (Å²) in [6.07, 6.45) is 10.6. The standard InChI is InChI=1S/C21H28N2O3/c24-21(20-14-25-18-12-6-7-13-19(18)26-20)23-22-17-11-5-4-10-16(17)15-8-2-1-3-9-15/h6-7,12-13,15,20,22H,1-5,8-11,14H2,(H,23,24)/t20-/m1/s1. The van der Waals surface area contributed by atoms with Gasteiger partial charge >= 0.3 is 0 Å². The highest BCUT2D eigenvalue weighted by Crippen LogP contribution is 2.37. The predicted octanol–water partition coefficient (Wildman–Crippen LogP) is 3.86. The molecule has 4 rings (SSSR count). The van der Waals surface area contributed by atoms with Gasteiger partial charge in [0.25, 0.3) is 5.91 Å². The molecule has 2 N–H and O–H groups in total. The molecular weight excluding hydrogens is 328 g/mol. The quantitative estimate of drug-likeness (QED) is 0.805. The first-order valence-electron chi connectivity index (χ1n) is 9.97. The summed E-state index contributed by atoms with van der Waals surface area (Å²) in [5, 5.41) is 0. The van der Waals surface area contributed by atoms with Crippen LogP contribution in [0, 0.1) is 5.92 Å². The number of allylic oxidation sites excluding steroid dienone is 2. The summed E-state index contributed by atoms with van der Waals surface area (Å²) < 4.78 is 11.4. The van der Waals surface area contributed by atoms with Crippen molar-refractivity contribution in [3.63, 3.8) is 0 Å². The SMILES string of the molecule is O=C(NNC1=C(C2CCCCC2)CCCC1)[C@H]1COc2ccccc2O1. The molecule has 3 aliphatic rings. The second-order valence-corrected chi connectivity index (χ2v) is 7.52. The van der Waals surface area contributed by atoms with Crippen LogP contribution in [0.5, 0.6) is 11.5 Å². The van der Waals surface area contributed by atoms with Crippen LogP contribution in [0.1, 0.15) is 57.8 Å². The molecule has 5 heteroatoms. The average Bonchev–Trinajstić information content (AvgIpc) is 2.72. The topological polar surface area (TPSA) is 59.6 Å². The molecule has 2 aliphatic carbocycles. The van der Waals surface area contributed by atoms with Gasteiger partial charge in [-0.2, -0.15) is 0 Å². The number of hydrogen-bond acceptors (Lipinski definition) is 4. The highest BCUT2D eigenvalue weighted by atomic mass is 16.6. The van der Waals surface area contributed by atoms with Crippen molar-refractivity contribution in [1.29, 1.82) is 0 Å². The van der Waals surface area contributed by atoms with Gasteiger partial charge in [0.05, 0.1) is 0 Å². The molecule has 1 fully saturated rings. The smallest absolute Gasteiger partial charge is 0.282 e. The normalized spacial score (nSPS) is 23.5. The summed E-state index contributed by atoms with van der Waals surface area (Å²) in [6, 6.07) is 7.45. The number of amides is 1. The van der Waals surface area contributed by atoms with E-state index in [1.54, 1.807) is 5.57 Å². The molecule has 0 spiro atoms. The molecule has 0 aromatic heterocycles. The third kappa shape index (κ3) is 3.81.